The Bertz CT molecular complexity index is 1280. The zero-order chi connectivity index (χ0) is 21.6. The van der Waals surface area contributed by atoms with Gasteiger partial charge in [-0.1, -0.05) is 91.0 Å². The van der Waals surface area contributed by atoms with E-state index in [1.54, 1.807) is 0 Å². The third-order valence-electron chi connectivity index (χ3n) is 5.49. The summed E-state index contributed by atoms with van der Waals surface area (Å²) in [7, 11) is 0. The van der Waals surface area contributed by atoms with Gasteiger partial charge >= 0.3 is 0 Å². The fourth-order valence-corrected chi connectivity index (χ4v) is 3.89. The van der Waals surface area contributed by atoms with Crippen LogP contribution >= 0.6 is 0 Å². The highest BCUT2D eigenvalue weighted by atomic mass is 16.5. The molecule has 0 atom stereocenters. The summed E-state index contributed by atoms with van der Waals surface area (Å²) in [5.41, 5.74) is 5.76. The van der Waals surface area contributed by atoms with Crippen LogP contribution in [0.15, 0.2) is 109 Å². The first-order chi connectivity index (χ1) is 15.8. The average molecular weight is 420 g/mol. The molecule has 0 spiro atoms. The molecular formula is C29H25NO2. The number of rotatable bonds is 8. The Morgan fingerprint density at radius 2 is 1.06 bits per heavy atom. The summed E-state index contributed by atoms with van der Waals surface area (Å²) < 4.78 is 12.5. The van der Waals surface area contributed by atoms with Gasteiger partial charge in [0.15, 0.2) is 0 Å². The second-order valence-corrected chi connectivity index (χ2v) is 7.88. The molecule has 1 N–H and O–H groups in total. The third-order valence-corrected chi connectivity index (χ3v) is 5.49. The number of aromatic amines is 1. The first kappa shape index (κ1) is 20.0. The lowest BCUT2D eigenvalue weighted by atomic mass is 10.0. The van der Waals surface area contributed by atoms with Gasteiger partial charge in [-0.05, 0) is 40.8 Å². The molecule has 3 nitrogen and oxygen atoms in total. The van der Waals surface area contributed by atoms with E-state index in [4.69, 9.17) is 9.47 Å². The topological polar surface area (TPSA) is 34.2 Å². The van der Waals surface area contributed by atoms with E-state index in [9.17, 15) is 0 Å². The lowest BCUT2D eigenvalue weighted by molar-refractivity contribution is 0.298. The molecule has 1 heterocycles. The van der Waals surface area contributed by atoms with Crippen molar-refractivity contribution in [2.45, 2.75) is 19.6 Å². The van der Waals surface area contributed by atoms with Crippen molar-refractivity contribution >= 4 is 10.9 Å². The van der Waals surface area contributed by atoms with Gasteiger partial charge in [0, 0.05) is 6.20 Å². The van der Waals surface area contributed by atoms with Gasteiger partial charge in [-0.2, -0.15) is 0 Å². The van der Waals surface area contributed by atoms with E-state index in [1.807, 2.05) is 48.7 Å². The van der Waals surface area contributed by atoms with E-state index in [1.165, 1.54) is 11.1 Å². The normalized spacial score (nSPS) is 10.9. The average Bonchev–Trinajstić information content (AvgIpc) is 3.26. The van der Waals surface area contributed by atoms with E-state index in [2.05, 4.69) is 65.6 Å². The van der Waals surface area contributed by atoms with Crippen LogP contribution in [0.2, 0.25) is 0 Å². The highest BCUT2D eigenvalue weighted by Crippen LogP contribution is 2.37. The SMILES string of the molecule is c1ccc(COc2c[nH]c3cc(Cc4ccccc4)cc(OCc4ccccc4)c23)cc1. The number of nitrogens with one attached hydrogen (secondary N) is 1. The maximum atomic E-state index is 6.33. The highest BCUT2D eigenvalue weighted by molar-refractivity contribution is 5.92. The van der Waals surface area contributed by atoms with Gasteiger partial charge < -0.3 is 14.5 Å². The zero-order valence-electron chi connectivity index (χ0n) is 17.8. The minimum atomic E-state index is 0.508. The van der Waals surface area contributed by atoms with E-state index in [0.717, 1.165) is 39.9 Å². The second-order valence-electron chi connectivity index (χ2n) is 7.88. The summed E-state index contributed by atoms with van der Waals surface area (Å²) in [4.78, 5) is 3.38. The first-order valence-corrected chi connectivity index (χ1v) is 10.9. The van der Waals surface area contributed by atoms with Crippen molar-refractivity contribution < 1.29 is 9.47 Å². The predicted molar refractivity (Wildman–Crippen MR) is 129 cm³/mol. The molecule has 5 aromatic rings. The van der Waals surface area contributed by atoms with E-state index >= 15 is 0 Å². The Hall–Kier alpha value is -3.98. The predicted octanol–water partition coefficient (Wildman–Crippen LogP) is 6.92. The number of ether oxygens (including phenoxy) is 2. The van der Waals surface area contributed by atoms with Crippen LogP contribution in [0.3, 0.4) is 0 Å². The van der Waals surface area contributed by atoms with Gasteiger partial charge in [0.05, 0.1) is 10.9 Å². The summed E-state index contributed by atoms with van der Waals surface area (Å²) in [6.45, 7) is 1.02. The number of hydrogen-bond acceptors (Lipinski definition) is 2. The standard InChI is InChI=1S/C29H25NO2/c1-4-10-22(11-5-1)16-25-17-26-29(27(18-25)31-20-23-12-6-2-7-13-23)28(19-30-26)32-21-24-14-8-3-9-15-24/h1-15,17-19,30H,16,20-21H2. The summed E-state index contributed by atoms with van der Waals surface area (Å²) >= 11 is 0. The molecule has 0 aliphatic carbocycles. The lowest BCUT2D eigenvalue weighted by Crippen LogP contribution is -1.99. The van der Waals surface area contributed by atoms with Crippen molar-refractivity contribution in [2.24, 2.45) is 0 Å². The molecule has 158 valence electrons. The van der Waals surface area contributed by atoms with Gasteiger partial charge in [0.25, 0.3) is 0 Å². The molecule has 0 aliphatic heterocycles. The van der Waals surface area contributed by atoms with Crippen LogP contribution in [0.4, 0.5) is 0 Å². The van der Waals surface area contributed by atoms with Gasteiger partial charge in [-0.25, -0.2) is 0 Å². The number of H-pyrrole nitrogens is 1. The molecule has 1 aromatic heterocycles. The molecule has 0 aliphatic rings. The molecule has 0 radical (unpaired) electrons. The van der Waals surface area contributed by atoms with Crippen molar-refractivity contribution in [3.8, 4) is 11.5 Å². The Labute approximate surface area is 188 Å². The molecule has 3 heteroatoms. The van der Waals surface area contributed by atoms with E-state index in [0.29, 0.717) is 13.2 Å². The van der Waals surface area contributed by atoms with Crippen molar-refractivity contribution in [3.63, 3.8) is 0 Å². The Morgan fingerprint density at radius 1 is 0.531 bits per heavy atom. The summed E-state index contributed by atoms with van der Waals surface area (Å²) in [6, 6.07) is 35.3. The molecule has 0 saturated heterocycles. The molecule has 0 saturated carbocycles. The number of hydrogen-bond donors (Lipinski definition) is 1. The largest absolute Gasteiger partial charge is 0.488 e. The zero-order valence-corrected chi connectivity index (χ0v) is 17.8. The van der Waals surface area contributed by atoms with Crippen LogP contribution < -0.4 is 9.47 Å². The number of benzene rings is 4. The first-order valence-electron chi connectivity index (χ1n) is 10.9. The van der Waals surface area contributed by atoms with Crippen LogP contribution in [-0.2, 0) is 19.6 Å². The van der Waals surface area contributed by atoms with Gasteiger partial charge in [0.2, 0.25) is 0 Å². The second kappa shape index (κ2) is 9.44. The van der Waals surface area contributed by atoms with Crippen LogP contribution in [0, 0.1) is 0 Å². The molecule has 4 aromatic carbocycles. The van der Waals surface area contributed by atoms with Gasteiger partial charge in [-0.3, -0.25) is 0 Å². The van der Waals surface area contributed by atoms with Crippen LogP contribution in [0.25, 0.3) is 10.9 Å². The highest BCUT2D eigenvalue weighted by Gasteiger charge is 2.14. The number of fused-ring (bicyclic) bond motifs is 1. The van der Waals surface area contributed by atoms with Gasteiger partial charge in [-0.15, -0.1) is 0 Å². The van der Waals surface area contributed by atoms with E-state index in [-0.39, 0.29) is 0 Å². The Morgan fingerprint density at radius 3 is 1.66 bits per heavy atom. The van der Waals surface area contributed by atoms with Crippen LogP contribution in [0.1, 0.15) is 22.3 Å². The van der Waals surface area contributed by atoms with Gasteiger partial charge in [0.1, 0.15) is 24.7 Å². The quantitative estimate of drug-likeness (QED) is 0.296. The third kappa shape index (κ3) is 4.68. The summed E-state index contributed by atoms with van der Waals surface area (Å²) in [6.07, 6.45) is 2.77. The van der Waals surface area contributed by atoms with Crippen molar-refractivity contribution in [3.05, 3.63) is 132 Å². The Balaban J connectivity index is 1.46. The van der Waals surface area contributed by atoms with Crippen molar-refractivity contribution in [1.82, 2.24) is 4.98 Å². The maximum Gasteiger partial charge on any atom is 0.148 e. The van der Waals surface area contributed by atoms with Crippen molar-refractivity contribution in [1.29, 1.82) is 0 Å². The molecule has 0 unspecified atom stereocenters. The monoisotopic (exact) mass is 419 g/mol. The number of aromatic nitrogens is 1. The Kier molecular flexibility index (Phi) is 5.89. The minimum absolute atomic E-state index is 0.508. The maximum absolute atomic E-state index is 6.33. The summed E-state index contributed by atoms with van der Waals surface area (Å²) in [5.74, 6) is 1.64. The van der Waals surface area contributed by atoms with E-state index < -0.39 is 0 Å². The molecule has 32 heavy (non-hydrogen) atoms. The smallest absolute Gasteiger partial charge is 0.148 e. The molecule has 0 amide bonds. The molecule has 0 bridgehead atoms. The fourth-order valence-electron chi connectivity index (χ4n) is 3.89. The van der Waals surface area contributed by atoms with Crippen LogP contribution in [-0.4, -0.2) is 4.98 Å². The van der Waals surface area contributed by atoms with Crippen LogP contribution in [0.5, 0.6) is 11.5 Å². The molecular weight excluding hydrogens is 394 g/mol. The van der Waals surface area contributed by atoms with Crippen molar-refractivity contribution in [2.75, 3.05) is 0 Å². The lowest BCUT2D eigenvalue weighted by Gasteiger charge is -2.13. The minimum Gasteiger partial charge on any atom is -0.488 e. The fraction of sp³-hybridized carbons (Fsp3) is 0.103. The molecule has 0 fully saturated rings. The molecule has 5 rings (SSSR count). The summed E-state index contributed by atoms with van der Waals surface area (Å²) in [5, 5.41) is 0.980.